The molecule has 0 amide bonds. The van der Waals surface area contributed by atoms with Crippen LogP contribution in [0.3, 0.4) is 0 Å². The van der Waals surface area contributed by atoms with Crippen molar-refractivity contribution in [3.05, 3.63) is 71.3 Å². The van der Waals surface area contributed by atoms with Gasteiger partial charge < -0.3 is 4.74 Å². The van der Waals surface area contributed by atoms with Gasteiger partial charge in [-0.05, 0) is 116 Å². The lowest BCUT2D eigenvalue weighted by Gasteiger charge is -2.33. The molecule has 0 bridgehead atoms. The Labute approximate surface area is 324 Å². The van der Waals surface area contributed by atoms with E-state index in [0.29, 0.717) is 37.5 Å². The minimum Gasteiger partial charge on any atom is -0.490 e. The van der Waals surface area contributed by atoms with Gasteiger partial charge in [0, 0.05) is 47.8 Å². The molecular formula is C49H64O5. The molecule has 3 fully saturated rings. The summed E-state index contributed by atoms with van der Waals surface area (Å²) in [6.45, 7) is 20.4. The van der Waals surface area contributed by atoms with Crippen molar-refractivity contribution in [1.29, 1.82) is 0 Å². The molecule has 6 unspecified atom stereocenters. The maximum Gasteiger partial charge on any atom is 0.140 e. The molecule has 2 aromatic carbocycles. The van der Waals surface area contributed by atoms with E-state index in [4.69, 9.17) is 4.74 Å². The second-order valence-electron chi connectivity index (χ2n) is 19.2. The van der Waals surface area contributed by atoms with E-state index in [9.17, 15) is 19.2 Å². The van der Waals surface area contributed by atoms with Gasteiger partial charge in [-0.1, -0.05) is 95.7 Å². The number of benzene rings is 2. The third-order valence-electron chi connectivity index (χ3n) is 13.3. The van der Waals surface area contributed by atoms with E-state index < -0.39 is 28.6 Å². The Morgan fingerprint density at radius 3 is 2.31 bits per heavy atom. The smallest absolute Gasteiger partial charge is 0.140 e. The largest absolute Gasteiger partial charge is 0.490 e. The van der Waals surface area contributed by atoms with Crippen molar-refractivity contribution in [2.45, 2.75) is 139 Å². The summed E-state index contributed by atoms with van der Waals surface area (Å²) < 4.78 is 7.02. The van der Waals surface area contributed by atoms with Crippen molar-refractivity contribution >= 4 is 39.5 Å². The summed E-state index contributed by atoms with van der Waals surface area (Å²) in [7, 11) is 0. The number of Topliss-reactive ketones (excluding diaryl/α,β-unsaturated/α-hetero) is 4. The molecule has 3 saturated carbocycles. The van der Waals surface area contributed by atoms with Crippen molar-refractivity contribution in [1.82, 2.24) is 0 Å². The number of fused-ring (bicyclic) bond motifs is 1. The SMILES string of the molecule is C=CC1CC1(CC(=O)C1CC(Oc2cc(C3=CCC(CC(C)C)=C3)cc3c(C)cc(C)cc23)CC1C(=O)C(CC(=O)CC1CCCC1)C(C)(C)C)C(C)=O. The van der Waals surface area contributed by atoms with Gasteiger partial charge >= 0.3 is 0 Å². The number of rotatable bonds is 16. The third kappa shape index (κ3) is 8.61. The highest BCUT2D eigenvalue weighted by Crippen LogP contribution is 2.58. The van der Waals surface area contributed by atoms with E-state index in [0.717, 1.165) is 53.3 Å². The van der Waals surface area contributed by atoms with E-state index in [2.05, 4.69) is 70.7 Å². The normalized spacial score (nSPS) is 26.2. The zero-order valence-electron chi connectivity index (χ0n) is 34.3. The van der Waals surface area contributed by atoms with Gasteiger partial charge in [-0.3, -0.25) is 19.2 Å². The van der Waals surface area contributed by atoms with Crippen LogP contribution in [0.25, 0.3) is 16.3 Å². The molecule has 2 aromatic rings. The van der Waals surface area contributed by atoms with Crippen LogP contribution in [0.4, 0.5) is 0 Å². The molecule has 0 saturated heterocycles. The highest BCUT2D eigenvalue weighted by Gasteiger charge is 2.59. The average molecular weight is 733 g/mol. The molecule has 0 aliphatic heterocycles. The highest BCUT2D eigenvalue weighted by atomic mass is 16.5. The summed E-state index contributed by atoms with van der Waals surface area (Å²) in [6.07, 6.45) is 14.9. The molecule has 290 valence electrons. The van der Waals surface area contributed by atoms with E-state index in [1.165, 1.54) is 29.6 Å². The first-order valence-corrected chi connectivity index (χ1v) is 20.8. The minimum atomic E-state index is -0.720. The van der Waals surface area contributed by atoms with Crippen LogP contribution >= 0.6 is 0 Å². The number of carbonyl (C=O) groups excluding carboxylic acids is 4. The van der Waals surface area contributed by atoms with Gasteiger partial charge in [-0.25, -0.2) is 0 Å². The second kappa shape index (κ2) is 15.9. The molecule has 0 radical (unpaired) electrons. The van der Waals surface area contributed by atoms with Crippen LogP contribution in [0.15, 0.2) is 54.6 Å². The van der Waals surface area contributed by atoms with Gasteiger partial charge in [0.05, 0.1) is 0 Å². The van der Waals surface area contributed by atoms with Crippen LogP contribution in [-0.4, -0.2) is 29.2 Å². The first-order valence-electron chi connectivity index (χ1n) is 20.8. The van der Waals surface area contributed by atoms with Gasteiger partial charge in [0.25, 0.3) is 0 Å². The summed E-state index contributed by atoms with van der Waals surface area (Å²) in [5.41, 5.74) is 4.92. The fourth-order valence-electron chi connectivity index (χ4n) is 10.2. The Bertz CT molecular complexity index is 1880. The zero-order valence-corrected chi connectivity index (χ0v) is 34.3. The first-order chi connectivity index (χ1) is 25.5. The molecule has 5 heteroatoms. The number of aryl methyl sites for hydroxylation is 2. The van der Waals surface area contributed by atoms with Crippen molar-refractivity contribution in [2.24, 2.45) is 46.3 Å². The van der Waals surface area contributed by atoms with Crippen LogP contribution in [0.5, 0.6) is 5.75 Å². The number of carbonyl (C=O) groups is 4. The molecule has 4 aliphatic rings. The lowest BCUT2D eigenvalue weighted by Crippen LogP contribution is -2.38. The molecule has 54 heavy (non-hydrogen) atoms. The number of hydrogen-bond donors (Lipinski definition) is 0. The molecule has 6 rings (SSSR count). The fourth-order valence-corrected chi connectivity index (χ4v) is 10.2. The Morgan fingerprint density at radius 2 is 1.69 bits per heavy atom. The molecule has 4 aliphatic carbocycles. The topological polar surface area (TPSA) is 77.5 Å². The van der Waals surface area contributed by atoms with Crippen LogP contribution < -0.4 is 4.74 Å². The van der Waals surface area contributed by atoms with Crippen molar-refractivity contribution in [2.75, 3.05) is 0 Å². The Balaban J connectivity index is 1.33. The van der Waals surface area contributed by atoms with Gasteiger partial charge in [0.15, 0.2) is 0 Å². The Morgan fingerprint density at radius 1 is 0.981 bits per heavy atom. The molecule has 0 spiro atoms. The summed E-state index contributed by atoms with van der Waals surface area (Å²) in [4.78, 5) is 55.8. The van der Waals surface area contributed by atoms with Crippen LogP contribution in [0.2, 0.25) is 0 Å². The number of ether oxygens (including phenoxy) is 1. The third-order valence-corrected chi connectivity index (χ3v) is 13.3. The predicted molar refractivity (Wildman–Crippen MR) is 219 cm³/mol. The lowest BCUT2D eigenvalue weighted by atomic mass is 9.69. The van der Waals surface area contributed by atoms with Crippen molar-refractivity contribution in [3.8, 4) is 5.75 Å². The van der Waals surface area contributed by atoms with E-state index in [1.54, 1.807) is 13.0 Å². The van der Waals surface area contributed by atoms with E-state index >= 15 is 0 Å². The number of ketones is 4. The maximum absolute atomic E-state index is 14.9. The summed E-state index contributed by atoms with van der Waals surface area (Å²) in [6, 6.07) is 8.80. The quantitative estimate of drug-likeness (QED) is 0.161. The van der Waals surface area contributed by atoms with Gasteiger partial charge in [-0.2, -0.15) is 0 Å². The lowest BCUT2D eigenvalue weighted by molar-refractivity contribution is -0.139. The highest BCUT2D eigenvalue weighted by molar-refractivity contribution is 5.98. The van der Waals surface area contributed by atoms with Crippen LogP contribution in [0, 0.1) is 60.2 Å². The van der Waals surface area contributed by atoms with Crippen LogP contribution in [-0.2, 0) is 19.2 Å². The first kappa shape index (κ1) is 40.1. The van der Waals surface area contributed by atoms with Gasteiger partial charge in [0.2, 0.25) is 0 Å². The second-order valence-corrected chi connectivity index (χ2v) is 19.2. The summed E-state index contributed by atoms with van der Waals surface area (Å²) in [5, 5.41) is 2.17. The molecule has 0 N–H and O–H groups in total. The predicted octanol–water partition coefficient (Wildman–Crippen LogP) is 11.5. The maximum atomic E-state index is 14.9. The molecule has 0 heterocycles. The van der Waals surface area contributed by atoms with E-state index in [1.807, 2.05) is 20.8 Å². The van der Waals surface area contributed by atoms with Crippen LogP contribution in [0.1, 0.15) is 135 Å². The number of allylic oxidation sites excluding steroid dienone is 5. The molecular weight excluding hydrogens is 669 g/mol. The zero-order chi connectivity index (χ0) is 39.1. The average Bonchev–Trinajstić information content (AvgIpc) is 3.50. The van der Waals surface area contributed by atoms with Crippen molar-refractivity contribution in [3.63, 3.8) is 0 Å². The van der Waals surface area contributed by atoms with Crippen molar-refractivity contribution < 1.29 is 23.9 Å². The standard InChI is InChI=1S/C49H64O5/c1-10-37-27-49(37,32(6)50)28-45(52)41-25-39(26-43(41)47(53)44(48(7,8)9)24-38(51)21-33-13-11-12-14-33)54-46-23-36(35-16-15-34(20-35)17-29(2)3)22-40-31(5)18-30(4)19-42(40)46/h10,16,18-20,22-23,29,33,37,39,41,43-44H,1,11-15,17,21,24-28H2,2-9H3. The monoisotopic (exact) mass is 732 g/mol. The fraction of sp³-hybridized carbons (Fsp3) is 0.592. The Kier molecular flexibility index (Phi) is 11.8. The summed E-state index contributed by atoms with van der Waals surface area (Å²) in [5.74, 6) is 0.269. The molecule has 6 atom stereocenters. The number of hydrogen-bond acceptors (Lipinski definition) is 5. The van der Waals surface area contributed by atoms with Gasteiger partial charge in [-0.15, -0.1) is 6.58 Å². The van der Waals surface area contributed by atoms with Gasteiger partial charge in [0.1, 0.15) is 35.0 Å². The van der Waals surface area contributed by atoms with E-state index in [-0.39, 0.29) is 48.0 Å². The molecule has 5 nitrogen and oxygen atoms in total. The Hall–Kier alpha value is -3.60. The summed E-state index contributed by atoms with van der Waals surface area (Å²) >= 11 is 0. The minimum absolute atomic E-state index is 0.00360. The molecule has 0 aromatic heterocycles.